The van der Waals surface area contributed by atoms with Crippen LogP contribution in [0.15, 0.2) is 53.1 Å². The van der Waals surface area contributed by atoms with Crippen LogP contribution in [0.2, 0.25) is 0 Å². The van der Waals surface area contributed by atoms with Gasteiger partial charge in [0.25, 0.3) is 0 Å². The Kier molecular flexibility index (Phi) is 10.2. The van der Waals surface area contributed by atoms with E-state index >= 15 is 0 Å². The summed E-state index contributed by atoms with van der Waals surface area (Å²) in [6.07, 6.45) is 4.06. The summed E-state index contributed by atoms with van der Waals surface area (Å²) < 4.78 is 10.2. The van der Waals surface area contributed by atoms with Crippen LogP contribution >= 0.6 is 11.8 Å². The summed E-state index contributed by atoms with van der Waals surface area (Å²) in [5.41, 5.74) is 1.58. The Labute approximate surface area is 160 Å². The summed E-state index contributed by atoms with van der Waals surface area (Å²) in [5, 5.41) is 0. The molecule has 0 N–H and O–H groups in total. The molecule has 6 heteroatoms. The highest BCUT2D eigenvalue weighted by atomic mass is 32.2. The Morgan fingerprint density at radius 2 is 1.62 bits per heavy atom. The van der Waals surface area contributed by atoms with Crippen LogP contribution in [0.1, 0.15) is 19.4 Å². The highest BCUT2D eigenvalue weighted by molar-refractivity contribution is 8.03. The largest absolute Gasteiger partial charge is 0.462 e. The van der Waals surface area contributed by atoms with E-state index in [1.807, 2.05) is 18.2 Å². The third kappa shape index (κ3) is 7.78. The van der Waals surface area contributed by atoms with E-state index in [1.54, 1.807) is 45.0 Å². The molecule has 142 valence electrons. The van der Waals surface area contributed by atoms with Crippen molar-refractivity contribution >= 4 is 23.7 Å². The third-order valence-electron chi connectivity index (χ3n) is 3.33. The van der Waals surface area contributed by atoms with Crippen LogP contribution in [0.4, 0.5) is 0 Å². The average Bonchev–Trinajstić information content (AvgIpc) is 2.61. The number of hydrogen-bond donors (Lipinski definition) is 0. The van der Waals surface area contributed by atoms with Gasteiger partial charge in [-0.15, -0.1) is 11.8 Å². The Balaban J connectivity index is 2.89. The van der Waals surface area contributed by atoms with E-state index in [0.29, 0.717) is 23.8 Å². The molecule has 26 heavy (non-hydrogen) atoms. The first-order valence-electron chi connectivity index (χ1n) is 8.59. The molecule has 0 atom stereocenters. The van der Waals surface area contributed by atoms with Gasteiger partial charge >= 0.3 is 11.9 Å². The lowest BCUT2D eigenvalue weighted by atomic mass is 10.2. The van der Waals surface area contributed by atoms with Gasteiger partial charge in [-0.1, -0.05) is 30.3 Å². The summed E-state index contributed by atoms with van der Waals surface area (Å²) >= 11 is 1.41. The molecule has 0 bridgehead atoms. The molecule has 0 aliphatic rings. The normalized spacial score (nSPS) is 11.8. The highest BCUT2D eigenvalue weighted by Crippen LogP contribution is 2.20. The number of allylic oxidation sites excluding steroid dienone is 2. The quantitative estimate of drug-likeness (QED) is 0.354. The maximum absolute atomic E-state index is 12.2. The Morgan fingerprint density at radius 3 is 2.19 bits per heavy atom. The number of nitrogens with zero attached hydrogens (tertiary/aromatic N) is 1. The van der Waals surface area contributed by atoms with E-state index in [-0.39, 0.29) is 5.97 Å². The standard InChI is InChI=1S/C20H27NO4S/c1-5-24-19(22)17(21(3)4)12-13-18(20(23)25-6-2)26-15-14-16-10-8-7-9-11-16/h7-13H,5-6,14-15H2,1-4H3/b17-12-,18-13-. The van der Waals surface area contributed by atoms with E-state index in [9.17, 15) is 9.59 Å². The molecule has 1 rings (SSSR count). The number of ether oxygens (including phenoxy) is 2. The lowest BCUT2D eigenvalue weighted by Gasteiger charge is -2.15. The van der Waals surface area contributed by atoms with Crippen molar-refractivity contribution in [3.05, 3.63) is 58.6 Å². The molecule has 0 radical (unpaired) electrons. The maximum atomic E-state index is 12.2. The van der Waals surface area contributed by atoms with Crippen LogP contribution in [0, 0.1) is 0 Å². The molecule has 5 nitrogen and oxygen atoms in total. The van der Waals surface area contributed by atoms with Gasteiger partial charge in [-0.25, -0.2) is 9.59 Å². The van der Waals surface area contributed by atoms with E-state index in [2.05, 4.69) is 12.1 Å². The molecule has 0 amide bonds. The molecule has 0 saturated carbocycles. The molecule has 0 heterocycles. The van der Waals surface area contributed by atoms with Crippen LogP contribution in [0.3, 0.4) is 0 Å². The zero-order chi connectivity index (χ0) is 19.4. The SMILES string of the molecule is CCOC(=O)/C(=C/C=C(/C(=O)OCC)N(C)C)SCCc1ccccc1. The second kappa shape index (κ2) is 12.2. The molecule has 0 fully saturated rings. The first kappa shape index (κ1) is 21.8. The number of hydrogen-bond acceptors (Lipinski definition) is 6. The van der Waals surface area contributed by atoms with Gasteiger partial charge in [0, 0.05) is 19.8 Å². The van der Waals surface area contributed by atoms with Gasteiger partial charge in [0.15, 0.2) is 0 Å². The average molecular weight is 378 g/mol. The Morgan fingerprint density at radius 1 is 1.00 bits per heavy atom. The molecule has 0 aromatic heterocycles. The van der Waals surface area contributed by atoms with Crippen molar-refractivity contribution < 1.29 is 19.1 Å². The predicted molar refractivity (Wildman–Crippen MR) is 106 cm³/mol. The topological polar surface area (TPSA) is 55.8 Å². The first-order chi connectivity index (χ1) is 12.5. The molecule has 1 aromatic carbocycles. The molecular weight excluding hydrogens is 350 g/mol. The molecule has 0 aliphatic carbocycles. The van der Waals surface area contributed by atoms with Crippen molar-refractivity contribution in [3.63, 3.8) is 0 Å². The van der Waals surface area contributed by atoms with Crippen molar-refractivity contribution in [1.29, 1.82) is 0 Å². The molecule has 0 unspecified atom stereocenters. The number of esters is 2. The van der Waals surface area contributed by atoms with Crippen molar-refractivity contribution in [2.24, 2.45) is 0 Å². The summed E-state index contributed by atoms with van der Waals surface area (Å²) in [6, 6.07) is 10.1. The van der Waals surface area contributed by atoms with Crippen molar-refractivity contribution in [2.75, 3.05) is 33.1 Å². The van der Waals surface area contributed by atoms with E-state index in [0.717, 1.165) is 12.2 Å². The van der Waals surface area contributed by atoms with E-state index in [1.165, 1.54) is 17.3 Å². The number of rotatable bonds is 10. The third-order valence-corrected chi connectivity index (χ3v) is 4.35. The predicted octanol–water partition coefficient (Wildman–Crippen LogP) is 3.42. The molecule has 1 aromatic rings. The molecule has 0 aliphatic heterocycles. The van der Waals surface area contributed by atoms with Crippen molar-refractivity contribution in [3.8, 4) is 0 Å². The Hall–Kier alpha value is -2.21. The van der Waals surface area contributed by atoms with Crippen LogP contribution in [0.25, 0.3) is 0 Å². The summed E-state index contributed by atoms with van der Waals surface area (Å²) in [7, 11) is 3.51. The first-order valence-corrected chi connectivity index (χ1v) is 9.58. The number of benzene rings is 1. The minimum absolute atomic E-state index is 0.296. The second-order valence-corrected chi connectivity index (χ2v) is 6.64. The van der Waals surface area contributed by atoms with E-state index < -0.39 is 5.97 Å². The summed E-state index contributed by atoms with van der Waals surface area (Å²) in [5.74, 6) is -0.0748. The van der Waals surface area contributed by atoms with Crippen LogP contribution in [-0.4, -0.2) is 49.9 Å². The molecule has 0 saturated heterocycles. The van der Waals surface area contributed by atoms with Gasteiger partial charge < -0.3 is 14.4 Å². The number of likely N-dealkylation sites (N-methyl/N-ethyl adjacent to an activating group) is 1. The van der Waals surface area contributed by atoms with E-state index in [4.69, 9.17) is 9.47 Å². The molecular formula is C20H27NO4S. The van der Waals surface area contributed by atoms with Gasteiger partial charge in [0.2, 0.25) is 0 Å². The molecule has 0 spiro atoms. The smallest absolute Gasteiger partial charge is 0.354 e. The number of carbonyl (C=O) groups is 2. The lowest BCUT2D eigenvalue weighted by Crippen LogP contribution is -2.21. The van der Waals surface area contributed by atoms with Crippen LogP contribution in [-0.2, 0) is 25.5 Å². The van der Waals surface area contributed by atoms with Gasteiger partial charge in [0.05, 0.1) is 18.1 Å². The van der Waals surface area contributed by atoms with Gasteiger partial charge in [-0.05, 0) is 38.0 Å². The van der Waals surface area contributed by atoms with Gasteiger partial charge in [-0.3, -0.25) is 0 Å². The van der Waals surface area contributed by atoms with Gasteiger partial charge in [-0.2, -0.15) is 0 Å². The zero-order valence-corrected chi connectivity index (χ0v) is 16.7. The summed E-state index contributed by atoms with van der Waals surface area (Å²) in [6.45, 7) is 4.12. The number of aryl methyl sites for hydroxylation is 1. The highest BCUT2D eigenvalue weighted by Gasteiger charge is 2.14. The Bertz CT molecular complexity index is 638. The fourth-order valence-corrected chi connectivity index (χ4v) is 2.96. The van der Waals surface area contributed by atoms with Crippen molar-refractivity contribution in [2.45, 2.75) is 20.3 Å². The zero-order valence-electron chi connectivity index (χ0n) is 15.9. The number of carbonyl (C=O) groups excluding carboxylic acids is 2. The lowest BCUT2D eigenvalue weighted by molar-refractivity contribution is -0.140. The summed E-state index contributed by atoms with van der Waals surface area (Å²) in [4.78, 5) is 26.3. The minimum atomic E-state index is -0.425. The minimum Gasteiger partial charge on any atom is -0.462 e. The van der Waals surface area contributed by atoms with Crippen LogP contribution in [0.5, 0.6) is 0 Å². The number of thioether (sulfide) groups is 1. The maximum Gasteiger partial charge on any atom is 0.354 e. The van der Waals surface area contributed by atoms with Crippen molar-refractivity contribution in [1.82, 2.24) is 4.90 Å². The van der Waals surface area contributed by atoms with Gasteiger partial charge in [0.1, 0.15) is 5.70 Å². The fourth-order valence-electron chi connectivity index (χ4n) is 2.06. The van der Waals surface area contributed by atoms with Crippen LogP contribution < -0.4 is 0 Å². The fraction of sp³-hybridized carbons (Fsp3) is 0.400. The monoisotopic (exact) mass is 377 g/mol. The second-order valence-electron chi connectivity index (χ2n) is 5.50.